The maximum absolute atomic E-state index is 13.9. The Kier molecular flexibility index (Phi) is 8.27. The van der Waals surface area contributed by atoms with E-state index in [2.05, 4.69) is 20.9 Å². The van der Waals surface area contributed by atoms with E-state index >= 15 is 0 Å². The molecule has 11 heteroatoms. The number of amides is 2. The Labute approximate surface area is 181 Å². The van der Waals surface area contributed by atoms with E-state index in [1.54, 1.807) is 22.8 Å². The number of nitrogens with zero attached hydrogens (tertiary/aromatic N) is 2. The van der Waals surface area contributed by atoms with Crippen molar-refractivity contribution in [3.63, 3.8) is 0 Å². The van der Waals surface area contributed by atoms with Crippen molar-refractivity contribution in [3.05, 3.63) is 65.2 Å². The maximum atomic E-state index is 13.9. The van der Waals surface area contributed by atoms with E-state index in [1.807, 2.05) is 6.07 Å². The van der Waals surface area contributed by atoms with Crippen LogP contribution in [0.15, 0.2) is 36.7 Å². The molecule has 2 amide bonds. The van der Waals surface area contributed by atoms with Gasteiger partial charge in [-0.1, -0.05) is 18.0 Å². The first kappa shape index (κ1) is 23.0. The van der Waals surface area contributed by atoms with Gasteiger partial charge >= 0.3 is 0 Å². The molecule has 3 rings (SSSR count). The van der Waals surface area contributed by atoms with Gasteiger partial charge < -0.3 is 16.0 Å². The largest absolute Gasteiger partial charge is 0.350 e. The lowest BCUT2D eigenvalue weighted by Gasteiger charge is -2.34. The van der Waals surface area contributed by atoms with Gasteiger partial charge in [-0.25, -0.2) is 17.5 Å². The fraction of sp³-hybridized carbons (Fsp3) is 0.350. The van der Waals surface area contributed by atoms with Crippen LogP contribution >= 0.6 is 11.9 Å². The summed E-state index contributed by atoms with van der Waals surface area (Å²) in [5.41, 5.74) is 0.584. The van der Waals surface area contributed by atoms with Crippen molar-refractivity contribution in [3.8, 4) is 0 Å². The Hall–Kier alpha value is -2.63. The topological polar surface area (TPSA) is 86.4 Å². The van der Waals surface area contributed by atoms with Crippen molar-refractivity contribution in [2.45, 2.75) is 18.3 Å². The number of halogens is 3. The third kappa shape index (κ3) is 6.68. The van der Waals surface area contributed by atoms with Crippen molar-refractivity contribution < 1.29 is 22.8 Å². The Morgan fingerprint density at radius 3 is 2.71 bits per heavy atom. The van der Waals surface area contributed by atoms with Gasteiger partial charge in [0, 0.05) is 62.0 Å². The van der Waals surface area contributed by atoms with Crippen molar-refractivity contribution in [1.29, 1.82) is 0 Å². The monoisotopic (exact) mass is 453 g/mol. The van der Waals surface area contributed by atoms with Gasteiger partial charge in [-0.15, -0.1) is 0 Å². The van der Waals surface area contributed by atoms with Crippen LogP contribution in [0.5, 0.6) is 0 Å². The highest BCUT2D eigenvalue weighted by Crippen LogP contribution is 2.25. The second kappa shape index (κ2) is 11.1. The zero-order valence-corrected chi connectivity index (χ0v) is 17.4. The predicted octanol–water partition coefficient (Wildman–Crippen LogP) is 1.35. The number of aromatic nitrogens is 1. The number of piperazine rings is 1. The van der Waals surface area contributed by atoms with Crippen molar-refractivity contribution in [2.24, 2.45) is 0 Å². The molecule has 1 fully saturated rings. The molecule has 3 N–H and O–H groups in total. The molecule has 1 aromatic carbocycles. The van der Waals surface area contributed by atoms with Crippen LogP contribution in [0, 0.1) is 17.5 Å². The Morgan fingerprint density at radius 1 is 1.23 bits per heavy atom. The van der Waals surface area contributed by atoms with E-state index < -0.39 is 23.5 Å². The predicted molar refractivity (Wildman–Crippen MR) is 110 cm³/mol. The zero-order valence-electron chi connectivity index (χ0n) is 16.5. The Bertz CT molecular complexity index is 896. The summed E-state index contributed by atoms with van der Waals surface area (Å²) in [6.45, 7) is 1.47. The molecule has 1 saturated heterocycles. The highest BCUT2D eigenvalue weighted by Gasteiger charge is 2.29. The fourth-order valence-electron chi connectivity index (χ4n) is 2.97. The van der Waals surface area contributed by atoms with Crippen LogP contribution in [0.1, 0.15) is 11.1 Å². The molecule has 0 bridgehead atoms. The molecule has 1 aromatic heterocycles. The van der Waals surface area contributed by atoms with Crippen LogP contribution in [-0.4, -0.2) is 53.3 Å². The fourth-order valence-corrected chi connectivity index (χ4v) is 4.11. The van der Waals surface area contributed by atoms with Crippen LogP contribution < -0.4 is 16.0 Å². The minimum absolute atomic E-state index is 0.0900. The van der Waals surface area contributed by atoms with Crippen molar-refractivity contribution in [1.82, 2.24) is 25.2 Å². The maximum Gasteiger partial charge on any atom is 0.240 e. The first-order valence-electron chi connectivity index (χ1n) is 9.61. The molecular weight excluding hydrogens is 431 g/mol. The first-order chi connectivity index (χ1) is 14.9. The molecule has 166 valence electrons. The van der Waals surface area contributed by atoms with Crippen LogP contribution in [-0.2, 0) is 21.9 Å². The molecule has 1 aliphatic heterocycles. The summed E-state index contributed by atoms with van der Waals surface area (Å²) in [5.74, 6) is -3.73. The molecule has 1 atom stereocenters. The molecule has 7 nitrogen and oxygen atoms in total. The first-order valence-corrected chi connectivity index (χ1v) is 10.6. The summed E-state index contributed by atoms with van der Waals surface area (Å²) in [6.07, 6.45) is 3.26. The molecule has 2 heterocycles. The van der Waals surface area contributed by atoms with Gasteiger partial charge in [0.15, 0.2) is 0 Å². The van der Waals surface area contributed by atoms with Gasteiger partial charge in [0.1, 0.15) is 23.5 Å². The van der Waals surface area contributed by atoms with E-state index in [0.717, 1.165) is 17.5 Å². The molecule has 2 aromatic rings. The van der Waals surface area contributed by atoms with Gasteiger partial charge in [-0.2, -0.15) is 0 Å². The highest BCUT2D eigenvalue weighted by molar-refractivity contribution is 7.96. The molecule has 0 saturated carbocycles. The third-order valence-electron chi connectivity index (χ3n) is 4.61. The lowest BCUT2D eigenvalue weighted by atomic mass is 10.2. The van der Waals surface area contributed by atoms with Crippen LogP contribution in [0.4, 0.5) is 13.2 Å². The van der Waals surface area contributed by atoms with Gasteiger partial charge in [-0.3, -0.25) is 14.6 Å². The number of hydrogen-bond donors (Lipinski definition) is 3. The average Bonchev–Trinajstić information content (AvgIpc) is 2.76. The second-order valence-electron chi connectivity index (χ2n) is 6.84. The van der Waals surface area contributed by atoms with E-state index in [0.29, 0.717) is 38.3 Å². The molecule has 1 aliphatic rings. The normalized spacial score (nSPS) is 16.7. The highest BCUT2D eigenvalue weighted by atomic mass is 32.2. The van der Waals surface area contributed by atoms with Crippen LogP contribution in [0.25, 0.3) is 0 Å². The molecule has 1 unspecified atom stereocenters. The van der Waals surface area contributed by atoms with Crippen molar-refractivity contribution >= 4 is 23.8 Å². The SMILES string of the molecule is O=C(CNC(=O)C1CNCCN1SCc1c(F)cc(F)cc1F)NCc1cccnc1. The lowest BCUT2D eigenvalue weighted by molar-refractivity contribution is -0.128. The second-order valence-corrected chi connectivity index (χ2v) is 7.85. The minimum atomic E-state index is -0.981. The number of hydrogen-bond acceptors (Lipinski definition) is 6. The Balaban J connectivity index is 1.50. The molecule has 31 heavy (non-hydrogen) atoms. The quantitative estimate of drug-likeness (QED) is 0.524. The summed E-state index contributed by atoms with van der Waals surface area (Å²) >= 11 is 1.09. The van der Waals surface area contributed by atoms with Gasteiger partial charge in [0.05, 0.1) is 6.54 Å². The van der Waals surface area contributed by atoms with Gasteiger partial charge in [0.2, 0.25) is 11.8 Å². The number of carbonyl (C=O) groups excluding carboxylic acids is 2. The van der Waals surface area contributed by atoms with E-state index in [9.17, 15) is 22.8 Å². The van der Waals surface area contributed by atoms with E-state index in [1.165, 1.54) is 0 Å². The Morgan fingerprint density at radius 2 is 2.00 bits per heavy atom. The molecule has 0 radical (unpaired) electrons. The van der Waals surface area contributed by atoms with E-state index in [-0.39, 0.29) is 29.7 Å². The molecule has 0 spiro atoms. The van der Waals surface area contributed by atoms with E-state index in [4.69, 9.17) is 0 Å². The van der Waals surface area contributed by atoms with Gasteiger partial charge in [0.25, 0.3) is 0 Å². The van der Waals surface area contributed by atoms with Gasteiger partial charge in [-0.05, 0) is 11.6 Å². The smallest absolute Gasteiger partial charge is 0.240 e. The number of carbonyl (C=O) groups is 2. The summed E-state index contributed by atoms with van der Waals surface area (Å²) in [6, 6.07) is 4.21. The lowest BCUT2D eigenvalue weighted by Crippen LogP contribution is -2.56. The summed E-state index contributed by atoms with van der Waals surface area (Å²) in [5, 5.41) is 8.36. The summed E-state index contributed by atoms with van der Waals surface area (Å²) in [4.78, 5) is 28.5. The molecular formula is C20H22F3N5O2S. The number of pyridine rings is 1. The van der Waals surface area contributed by atoms with Crippen LogP contribution in [0.3, 0.4) is 0 Å². The van der Waals surface area contributed by atoms with Crippen LogP contribution in [0.2, 0.25) is 0 Å². The zero-order chi connectivity index (χ0) is 22.2. The number of benzene rings is 1. The third-order valence-corrected chi connectivity index (χ3v) is 5.80. The van der Waals surface area contributed by atoms with Crippen molar-refractivity contribution in [2.75, 3.05) is 26.2 Å². The number of rotatable bonds is 8. The average molecular weight is 453 g/mol. The summed E-state index contributed by atoms with van der Waals surface area (Å²) in [7, 11) is 0. The standard InChI is InChI=1S/C20H22F3N5O2S/c21-14-6-16(22)15(17(23)7-14)12-31-28-5-4-25-10-18(28)20(30)27-11-19(29)26-9-13-2-1-3-24-8-13/h1-3,6-8,18,25H,4-5,9-12H2,(H,26,29)(H,27,30). The minimum Gasteiger partial charge on any atom is -0.350 e. The molecule has 0 aliphatic carbocycles. The summed E-state index contributed by atoms with van der Waals surface area (Å²) < 4.78 is 42.5. The number of nitrogens with one attached hydrogen (secondary N) is 3.